The van der Waals surface area contributed by atoms with Gasteiger partial charge in [0.25, 0.3) is 0 Å². The van der Waals surface area contributed by atoms with Crippen LogP contribution in [0.4, 0.5) is 4.39 Å². The summed E-state index contributed by atoms with van der Waals surface area (Å²) in [6.07, 6.45) is 0. The Morgan fingerprint density at radius 2 is 2.00 bits per heavy atom. The van der Waals surface area contributed by atoms with Gasteiger partial charge in [-0.05, 0) is 12.1 Å². The molecule has 0 saturated carbocycles. The van der Waals surface area contributed by atoms with Crippen molar-refractivity contribution in [1.82, 2.24) is 0 Å². The van der Waals surface area contributed by atoms with E-state index < -0.39 is 11.8 Å². The lowest BCUT2D eigenvalue weighted by molar-refractivity contribution is 0.0692. The van der Waals surface area contributed by atoms with E-state index in [-0.39, 0.29) is 5.56 Å². The second-order valence-corrected chi connectivity index (χ2v) is 1.78. The number of hydrogen-bond donors (Lipinski definition) is 1. The van der Waals surface area contributed by atoms with Gasteiger partial charge in [0.2, 0.25) is 0 Å². The van der Waals surface area contributed by atoms with E-state index in [1.807, 2.05) is 0 Å². The topological polar surface area (TPSA) is 37.3 Å². The fourth-order valence-electron chi connectivity index (χ4n) is 0.635. The largest absolute Gasteiger partial charge is 0.478 e. The molecule has 0 heterocycles. The van der Waals surface area contributed by atoms with Crippen molar-refractivity contribution in [3.05, 3.63) is 35.6 Å². The fraction of sp³-hybridized carbons (Fsp3) is 0. The van der Waals surface area contributed by atoms with Crippen LogP contribution in [-0.4, -0.2) is 11.1 Å². The molecule has 0 bridgehead atoms. The number of rotatable bonds is 1. The SMILES string of the molecule is O=C(O)[13c]1[13cH][13cH][13cH][13cH][13c]1F. The number of carbonyl (C=O) groups is 1. The number of benzene rings is 1. The molecule has 0 fully saturated rings. The van der Waals surface area contributed by atoms with Crippen LogP contribution in [0.1, 0.15) is 10.4 Å². The molecule has 0 aliphatic rings. The van der Waals surface area contributed by atoms with E-state index in [4.69, 9.17) is 5.11 Å². The van der Waals surface area contributed by atoms with Crippen LogP contribution in [0.5, 0.6) is 0 Å². The standard InChI is InChI=1S/C7H5FO2/c8-6-4-2-1-3-5(6)7(9)10/h1-4H,(H,9,10)/i1+1,2+1,3+1,4+1,5+1,6+1. The van der Waals surface area contributed by atoms with E-state index in [1.54, 1.807) is 0 Å². The van der Waals surface area contributed by atoms with Gasteiger partial charge in [0, 0.05) is 0 Å². The summed E-state index contributed by atoms with van der Waals surface area (Å²) in [4.78, 5) is 10.2. The molecule has 0 aliphatic heterocycles. The summed E-state index contributed by atoms with van der Waals surface area (Å²) in [6.45, 7) is 0. The summed E-state index contributed by atoms with van der Waals surface area (Å²) in [5.74, 6) is -1.94. The van der Waals surface area contributed by atoms with Gasteiger partial charge in [0.05, 0.1) is 5.56 Å². The molecule has 0 atom stereocenters. The van der Waals surface area contributed by atoms with Gasteiger partial charge in [-0.3, -0.25) is 0 Å². The summed E-state index contributed by atoms with van der Waals surface area (Å²) in [6, 6.07) is 5.26. The zero-order valence-electron chi connectivity index (χ0n) is 5.04. The second-order valence-electron chi connectivity index (χ2n) is 1.78. The average Bonchev–Trinajstić information content (AvgIpc) is 1.88. The van der Waals surface area contributed by atoms with E-state index in [0.717, 1.165) is 6.07 Å². The van der Waals surface area contributed by atoms with Crippen molar-refractivity contribution in [1.29, 1.82) is 0 Å². The number of halogens is 1. The Labute approximate surface area is 56.9 Å². The fourth-order valence-corrected chi connectivity index (χ4v) is 0.635. The first-order valence-electron chi connectivity index (χ1n) is 2.69. The lowest BCUT2D eigenvalue weighted by Gasteiger charge is -1.92. The van der Waals surface area contributed by atoms with Crippen LogP contribution in [0.3, 0.4) is 0 Å². The summed E-state index contributed by atoms with van der Waals surface area (Å²) < 4.78 is 12.5. The zero-order valence-corrected chi connectivity index (χ0v) is 5.04. The van der Waals surface area contributed by atoms with Gasteiger partial charge in [-0.25, -0.2) is 9.18 Å². The van der Waals surface area contributed by atoms with E-state index in [2.05, 4.69) is 0 Å². The quantitative estimate of drug-likeness (QED) is 0.652. The van der Waals surface area contributed by atoms with Crippen molar-refractivity contribution in [2.45, 2.75) is 0 Å². The molecule has 0 radical (unpaired) electrons. The predicted molar refractivity (Wildman–Crippen MR) is 33.4 cm³/mol. The summed E-state index contributed by atoms with van der Waals surface area (Å²) in [5, 5.41) is 8.33. The molecule has 0 aliphatic carbocycles. The van der Waals surface area contributed by atoms with Gasteiger partial charge in [0.1, 0.15) is 5.82 Å². The van der Waals surface area contributed by atoms with Gasteiger partial charge >= 0.3 is 5.97 Å². The highest BCUT2D eigenvalue weighted by Crippen LogP contribution is 2.04. The normalized spacial score (nSPS) is 9.30. The molecule has 3 heteroatoms. The highest BCUT2D eigenvalue weighted by Gasteiger charge is 2.06. The van der Waals surface area contributed by atoms with Crippen LogP contribution in [-0.2, 0) is 0 Å². The summed E-state index contributed by atoms with van der Waals surface area (Å²) in [5.41, 5.74) is -0.289. The van der Waals surface area contributed by atoms with Crippen LogP contribution in [0.25, 0.3) is 0 Å². The molecule has 10 heavy (non-hydrogen) atoms. The Morgan fingerprint density at radius 3 is 2.40 bits per heavy atom. The molecule has 0 saturated heterocycles. The molecule has 1 rings (SSSR count). The molecule has 0 spiro atoms. The average molecular weight is 146 g/mol. The van der Waals surface area contributed by atoms with Gasteiger partial charge in [0.15, 0.2) is 0 Å². The Morgan fingerprint density at radius 1 is 1.40 bits per heavy atom. The Kier molecular flexibility index (Phi) is 1.67. The van der Waals surface area contributed by atoms with Gasteiger partial charge in [-0.15, -0.1) is 0 Å². The van der Waals surface area contributed by atoms with Crippen molar-refractivity contribution < 1.29 is 14.3 Å². The van der Waals surface area contributed by atoms with E-state index in [1.165, 1.54) is 18.2 Å². The van der Waals surface area contributed by atoms with E-state index in [9.17, 15) is 9.18 Å². The third-order valence-electron chi connectivity index (χ3n) is 1.10. The smallest absolute Gasteiger partial charge is 0.338 e. The maximum atomic E-state index is 12.5. The number of aromatic carboxylic acids is 1. The molecule has 0 amide bonds. The zero-order chi connectivity index (χ0) is 7.56. The molecule has 1 aromatic rings. The third kappa shape index (κ3) is 1.13. The highest BCUT2D eigenvalue weighted by atomic mass is 19.2. The van der Waals surface area contributed by atoms with Crippen LogP contribution in [0, 0.1) is 5.82 Å². The van der Waals surface area contributed by atoms with Crippen LogP contribution in [0.15, 0.2) is 24.3 Å². The van der Waals surface area contributed by atoms with Gasteiger partial charge < -0.3 is 5.11 Å². The molecule has 52 valence electrons. The summed E-state index contributed by atoms with van der Waals surface area (Å²) in [7, 11) is 0. The lowest BCUT2D eigenvalue weighted by Crippen LogP contribution is -1.98. The van der Waals surface area contributed by atoms with Crippen molar-refractivity contribution in [3.8, 4) is 0 Å². The number of carboxylic acid groups (broad SMARTS) is 1. The van der Waals surface area contributed by atoms with Crippen LogP contribution >= 0.6 is 0 Å². The molecule has 1 N–H and O–H groups in total. The van der Waals surface area contributed by atoms with E-state index >= 15 is 0 Å². The Hall–Kier alpha value is -1.38. The maximum Gasteiger partial charge on any atom is 0.338 e. The molecule has 0 aromatic heterocycles. The van der Waals surface area contributed by atoms with Crippen molar-refractivity contribution in [2.24, 2.45) is 0 Å². The minimum Gasteiger partial charge on any atom is -0.478 e. The van der Waals surface area contributed by atoms with Crippen molar-refractivity contribution in [2.75, 3.05) is 0 Å². The monoisotopic (exact) mass is 146 g/mol. The van der Waals surface area contributed by atoms with Crippen LogP contribution < -0.4 is 0 Å². The first-order chi connectivity index (χ1) is 4.72. The van der Waals surface area contributed by atoms with Gasteiger partial charge in [-0.1, -0.05) is 12.1 Å². The molecular weight excluding hydrogens is 141 g/mol. The highest BCUT2D eigenvalue weighted by molar-refractivity contribution is 5.87. The first kappa shape index (κ1) is 6.74. The van der Waals surface area contributed by atoms with Crippen molar-refractivity contribution >= 4 is 5.97 Å². The number of hydrogen-bond acceptors (Lipinski definition) is 1. The third-order valence-corrected chi connectivity index (χ3v) is 1.10. The molecule has 2 nitrogen and oxygen atoms in total. The Balaban J connectivity index is 3.15. The first-order valence-corrected chi connectivity index (χ1v) is 2.69. The van der Waals surface area contributed by atoms with Gasteiger partial charge in [-0.2, -0.15) is 0 Å². The molecule has 0 unspecified atom stereocenters. The van der Waals surface area contributed by atoms with Crippen molar-refractivity contribution in [3.63, 3.8) is 0 Å². The minimum absolute atomic E-state index is 0.289. The predicted octanol–water partition coefficient (Wildman–Crippen LogP) is 1.52. The lowest BCUT2D eigenvalue weighted by atomic mass is 10.9. The minimum atomic E-state index is -1.24. The Bertz CT molecular complexity index is 258. The summed E-state index contributed by atoms with van der Waals surface area (Å²) >= 11 is 0. The molecule has 1 aromatic carbocycles. The van der Waals surface area contributed by atoms with E-state index in [0.29, 0.717) is 0 Å². The maximum absolute atomic E-state index is 12.5. The molecular formula is C7H5FO2. The van der Waals surface area contributed by atoms with Crippen LogP contribution in [0.2, 0.25) is 0 Å². The second kappa shape index (κ2) is 2.47. The number of carboxylic acids is 1.